The molecule has 7 heteroatoms. The van der Waals surface area contributed by atoms with Crippen LogP contribution in [0.15, 0.2) is 59.5 Å². The van der Waals surface area contributed by atoms with E-state index in [0.29, 0.717) is 41.8 Å². The predicted molar refractivity (Wildman–Crippen MR) is 103 cm³/mol. The van der Waals surface area contributed by atoms with Crippen molar-refractivity contribution in [3.63, 3.8) is 0 Å². The molecule has 0 spiro atoms. The van der Waals surface area contributed by atoms with Gasteiger partial charge >= 0.3 is 0 Å². The van der Waals surface area contributed by atoms with Crippen molar-refractivity contribution < 1.29 is 13.9 Å². The Hall–Kier alpha value is -2.73. The average molecular weight is 388 g/mol. The van der Waals surface area contributed by atoms with E-state index in [-0.39, 0.29) is 11.9 Å². The summed E-state index contributed by atoms with van der Waals surface area (Å²) < 4.78 is 12.9. The molecule has 2 heterocycles. The number of aromatic nitrogens is 2. The fraction of sp³-hybridized carbons (Fsp3) is 0.300. The maximum atomic E-state index is 13.0. The van der Waals surface area contributed by atoms with Crippen LogP contribution in [0.1, 0.15) is 36.0 Å². The Labute approximate surface area is 163 Å². The number of hydrogen-bond acceptors (Lipinski definition) is 4. The van der Waals surface area contributed by atoms with Gasteiger partial charge in [-0.25, -0.2) is 0 Å². The lowest BCUT2D eigenvalue weighted by Crippen LogP contribution is -2.34. The van der Waals surface area contributed by atoms with E-state index in [0.717, 1.165) is 0 Å². The number of rotatable bonds is 8. The quantitative estimate of drug-likeness (QED) is 0.573. The first-order valence-corrected chi connectivity index (χ1v) is 9.15. The molecule has 0 saturated carbocycles. The molecular formula is C20H22ClN3O3. The number of halogens is 1. The molecule has 0 aliphatic rings. The highest BCUT2D eigenvalue weighted by Crippen LogP contribution is 2.16. The van der Waals surface area contributed by atoms with Crippen LogP contribution in [0.2, 0.25) is 5.02 Å². The first kappa shape index (κ1) is 19.0. The Morgan fingerprint density at radius 1 is 1.30 bits per heavy atom. The molecule has 27 heavy (non-hydrogen) atoms. The zero-order chi connectivity index (χ0) is 19.2. The highest BCUT2D eigenvalue weighted by Gasteiger charge is 2.19. The standard InChI is InChI=1S/C20H22ClN3O3/c1-15(2)24-13-16(12-22-24)20(25)23(14-19-4-3-10-26-19)9-11-27-18-7-5-17(21)6-8-18/h3-8,10,12-13,15H,9,11,14H2,1-2H3. The highest BCUT2D eigenvalue weighted by molar-refractivity contribution is 6.30. The molecule has 0 atom stereocenters. The topological polar surface area (TPSA) is 60.5 Å². The molecule has 0 aliphatic heterocycles. The van der Waals surface area contributed by atoms with Gasteiger partial charge in [-0.1, -0.05) is 11.6 Å². The molecule has 3 rings (SSSR count). The predicted octanol–water partition coefficient (Wildman–Crippen LogP) is 4.43. The van der Waals surface area contributed by atoms with Crippen molar-refractivity contribution in [1.29, 1.82) is 0 Å². The molecule has 0 bridgehead atoms. The Morgan fingerprint density at radius 2 is 2.07 bits per heavy atom. The molecule has 0 saturated heterocycles. The number of furan rings is 1. The fourth-order valence-corrected chi connectivity index (χ4v) is 2.69. The van der Waals surface area contributed by atoms with Gasteiger partial charge in [0.2, 0.25) is 0 Å². The summed E-state index contributed by atoms with van der Waals surface area (Å²) in [5.41, 5.74) is 0.543. The van der Waals surface area contributed by atoms with E-state index in [9.17, 15) is 4.79 Å². The molecule has 6 nitrogen and oxygen atoms in total. The van der Waals surface area contributed by atoms with Crippen molar-refractivity contribution >= 4 is 17.5 Å². The molecular weight excluding hydrogens is 366 g/mol. The second kappa shape index (κ2) is 8.77. The second-order valence-electron chi connectivity index (χ2n) is 6.41. The van der Waals surface area contributed by atoms with Gasteiger partial charge in [-0.15, -0.1) is 0 Å². The van der Waals surface area contributed by atoms with Crippen LogP contribution < -0.4 is 4.74 Å². The van der Waals surface area contributed by atoms with Gasteiger partial charge in [0.1, 0.15) is 18.1 Å². The van der Waals surface area contributed by atoms with Crippen molar-refractivity contribution in [1.82, 2.24) is 14.7 Å². The van der Waals surface area contributed by atoms with Crippen LogP contribution in [0.5, 0.6) is 5.75 Å². The minimum Gasteiger partial charge on any atom is -0.492 e. The third kappa shape index (κ3) is 5.14. The molecule has 0 fully saturated rings. The van der Waals surface area contributed by atoms with Gasteiger partial charge in [0.05, 0.1) is 31.1 Å². The van der Waals surface area contributed by atoms with E-state index in [1.807, 2.05) is 19.9 Å². The van der Waals surface area contributed by atoms with Crippen molar-refractivity contribution in [3.05, 3.63) is 71.4 Å². The zero-order valence-electron chi connectivity index (χ0n) is 15.3. The lowest BCUT2D eigenvalue weighted by atomic mass is 10.3. The monoisotopic (exact) mass is 387 g/mol. The van der Waals surface area contributed by atoms with Crippen LogP contribution in [-0.2, 0) is 6.54 Å². The number of carbonyl (C=O) groups excluding carboxylic acids is 1. The largest absolute Gasteiger partial charge is 0.492 e. The van der Waals surface area contributed by atoms with Gasteiger partial charge in [-0.2, -0.15) is 5.10 Å². The van der Waals surface area contributed by atoms with Gasteiger partial charge in [0.25, 0.3) is 5.91 Å². The van der Waals surface area contributed by atoms with E-state index in [2.05, 4.69) is 5.10 Å². The molecule has 0 unspecified atom stereocenters. The molecule has 142 valence electrons. The zero-order valence-corrected chi connectivity index (χ0v) is 16.1. The van der Waals surface area contributed by atoms with Gasteiger partial charge in [-0.05, 0) is 50.2 Å². The molecule has 3 aromatic rings. The molecule has 1 aromatic carbocycles. The summed E-state index contributed by atoms with van der Waals surface area (Å²) in [6.45, 7) is 5.16. The van der Waals surface area contributed by atoms with E-state index in [1.165, 1.54) is 0 Å². The van der Waals surface area contributed by atoms with E-state index >= 15 is 0 Å². The maximum Gasteiger partial charge on any atom is 0.257 e. The fourth-order valence-electron chi connectivity index (χ4n) is 2.56. The molecule has 0 aliphatic carbocycles. The van der Waals surface area contributed by atoms with Crippen molar-refractivity contribution in [2.24, 2.45) is 0 Å². The van der Waals surface area contributed by atoms with Gasteiger partial charge < -0.3 is 14.1 Å². The summed E-state index contributed by atoms with van der Waals surface area (Å²) in [5, 5.41) is 4.91. The van der Waals surface area contributed by atoms with Crippen molar-refractivity contribution in [3.8, 4) is 5.75 Å². The Balaban J connectivity index is 1.67. The number of ether oxygens (including phenoxy) is 1. The second-order valence-corrected chi connectivity index (χ2v) is 6.85. The molecule has 0 radical (unpaired) electrons. The number of amides is 1. The molecule has 0 N–H and O–H groups in total. The summed E-state index contributed by atoms with van der Waals surface area (Å²) in [7, 11) is 0. The summed E-state index contributed by atoms with van der Waals surface area (Å²) in [6, 6.07) is 11.0. The number of hydrogen-bond donors (Lipinski definition) is 0. The number of nitrogens with zero attached hydrogens (tertiary/aromatic N) is 3. The van der Waals surface area contributed by atoms with E-state index < -0.39 is 0 Å². The van der Waals surface area contributed by atoms with Crippen molar-refractivity contribution in [2.75, 3.05) is 13.2 Å². The third-order valence-electron chi connectivity index (χ3n) is 4.04. The van der Waals surface area contributed by atoms with Gasteiger partial charge in [-0.3, -0.25) is 9.48 Å². The van der Waals surface area contributed by atoms with E-state index in [1.54, 1.807) is 58.6 Å². The van der Waals surface area contributed by atoms with Crippen LogP contribution in [0.4, 0.5) is 0 Å². The number of benzene rings is 1. The summed E-state index contributed by atoms with van der Waals surface area (Å²) in [6.07, 6.45) is 4.96. The SMILES string of the molecule is CC(C)n1cc(C(=O)N(CCOc2ccc(Cl)cc2)Cc2ccco2)cn1. The average Bonchev–Trinajstić information content (AvgIpc) is 3.34. The van der Waals surface area contributed by atoms with Gasteiger partial charge in [0.15, 0.2) is 0 Å². The third-order valence-corrected chi connectivity index (χ3v) is 4.29. The lowest BCUT2D eigenvalue weighted by Gasteiger charge is -2.21. The maximum absolute atomic E-state index is 13.0. The van der Waals surface area contributed by atoms with E-state index in [4.69, 9.17) is 20.8 Å². The summed E-state index contributed by atoms with van der Waals surface area (Å²) >= 11 is 5.88. The molecule has 2 aromatic heterocycles. The lowest BCUT2D eigenvalue weighted by molar-refractivity contribution is 0.0703. The minimum absolute atomic E-state index is 0.113. The summed E-state index contributed by atoms with van der Waals surface area (Å²) in [5.74, 6) is 1.31. The van der Waals surface area contributed by atoms with Crippen LogP contribution in [0.3, 0.4) is 0 Å². The minimum atomic E-state index is -0.113. The normalized spacial score (nSPS) is 11.0. The summed E-state index contributed by atoms with van der Waals surface area (Å²) in [4.78, 5) is 14.6. The van der Waals surface area contributed by atoms with Crippen molar-refractivity contribution in [2.45, 2.75) is 26.4 Å². The molecule has 1 amide bonds. The Kier molecular flexibility index (Phi) is 6.19. The van der Waals surface area contributed by atoms with Crippen LogP contribution in [0.25, 0.3) is 0 Å². The number of carbonyl (C=O) groups is 1. The Bertz CT molecular complexity index is 857. The first-order chi connectivity index (χ1) is 13.0. The smallest absolute Gasteiger partial charge is 0.257 e. The van der Waals surface area contributed by atoms with Crippen LogP contribution in [-0.4, -0.2) is 33.7 Å². The van der Waals surface area contributed by atoms with Gasteiger partial charge in [0, 0.05) is 17.3 Å². The Morgan fingerprint density at radius 3 is 2.70 bits per heavy atom. The van der Waals surface area contributed by atoms with Crippen LogP contribution in [0, 0.1) is 0 Å². The van der Waals surface area contributed by atoms with Crippen LogP contribution >= 0.6 is 11.6 Å². The highest BCUT2D eigenvalue weighted by atomic mass is 35.5. The first-order valence-electron chi connectivity index (χ1n) is 8.77.